The fraction of sp³-hybridized carbons (Fsp3) is 0.208. The molecule has 2 N–H and O–H groups in total. The van der Waals surface area contributed by atoms with Gasteiger partial charge >= 0.3 is 0 Å². The molecule has 0 radical (unpaired) electrons. The quantitative estimate of drug-likeness (QED) is 0.400. The Morgan fingerprint density at radius 2 is 1.90 bits per heavy atom. The molecule has 0 fully saturated rings. The van der Waals surface area contributed by atoms with Gasteiger partial charge in [0.15, 0.2) is 11.5 Å². The van der Waals surface area contributed by atoms with Crippen LogP contribution in [0.1, 0.15) is 27.2 Å². The lowest BCUT2D eigenvalue weighted by molar-refractivity contribution is 0.0999. The zero-order valence-electron chi connectivity index (χ0n) is 17.8. The van der Waals surface area contributed by atoms with Crippen LogP contribution in [0.5, 0.6) is 11.5 Å². The fourth-order valence-electron chi connectivity index (χ4n) is 3.97. The number of methoxy groups -OCH3 is 2. The van der Waals surface area contributed by atoms with Crippen LogP contribution < -0.4 is 15.2 Å². The Morgan fingerprint density at radius 3 is 2.58 bits per heavy atom. The Balaban J connectivity index is 1.93. The zero-order valence-corrected chi connectivity index (χ0v) is 19.4. The molecule has 160 valence electrons. The number of hydrogen-bond acceptors (Lipinski definition) is 4. The molecule has 4 aromatic rings. The number of amides is 1. The smallest absolute Gasteiger partial charge is 0.250 e. The van der Waals surface area contributed by atoms with E-state index < -0.39 is 5.91 Å². The van der Waals surface area contributed by atoms with Crippen molar-refractivity contribution in [2.24, 2.45) is 5.73 Å². The maximum absolute atomic E-state index is 12.1. The topological polar surface area (TPSA) is 66.5 Å². The van der Waals surface area contributed by atoms with Crippen molar-refractivity contribution < 1.29 is 14.3 Å². The fourth-order valence-corrected chi connectivity index (χ4v) is 5.36. The Kier molecular flexibility index (Phi) is 5.69. The van der Waals surface area contributed by atoms with Crippen LogP contribution in [0.25, 0.3) is 20.7 Å². The number of aryl methyl sites for hydroxylation is 1. The van der Waals surface area contributed by atoms with Crippen molar-refractivity contribution >= 4 is 38.9 Å². The molecule has 2 aromatic heterocycles. The number of carbonyl (C=O) groups is 1. The lowest BCUT2D eigenvalue weighted by Gasteiger charge is -2.16. The van der Waals surface area contributed by atoms with E-state index in [9.17, 15) is 4.79 Å². The second-order valence-electron chi connectivity index (χ2n) is 7.33. The third-order valence-corrected chi connectivity index (χ3v) is 7.11. The van der Waals surface area contributed by atoms with Gasteiger partial charge in [-0.1, -0.05) is 23.7 Å². The Labute approximate surface area is 190 Å². The first-order valence-corrected chi connectivity index (χ1v) is 10.9. The van der Waals surface area contributed by atoms with Crippen LogP contribution in [-0.4, -0.2) is 24.7 Å². The molecule has 1 amide bonds. The first kappa shape index (κ1) is 21.3. The second-order valence-corrected chi connectivity index (χ2v) is 8.82. The minimum atomic E-state index is -0.447. The number of thiophene rings is 1. The minimum Gasteiger partial charge on any atom is -0.493 e. The molecule has 0 aliphatic carbocycles. The molecule has 0 saturated carbocycles. The van der Waals surface area contributed by atoms with Crippen molar-refractivity contribution in [1.29, 1.82) is 0 Å². The Morgan fingerprint density at radius 1 is 1.13 bits per heavy atom. The lowest BCUT2D eigenvalue weighted by Crippen LogP contribution is -2.13. The molecule has 0 bridgehead atoms. The summed E-state index contributed by atoms with van der Waals surface area (Å²) >= 11 is 7.90. The summed E-state index contributed by atoms with van der Waals surface area (Å²) in [7, 11) is 3.24. The van der Waals surface area contributed by atoms with Gasteiger partial charge in [0, 0.05) is 21.0 Å². The minimum absolute atomic E-state index is 0.447. The number of nitrogens with zero attached hydrogens (tertiary/aromatic N) is 1. The maximum Gasteiger partial charge on any atom is 0.250 e. The van der Waals surface area contributed by atoms with E-state index >= 15 is 0 Å². The average Bonchev–Trinajstić information content (AvgIpc) is 3.25. The summed E-state index contributed by atoms with van der Waals surface area (Å²) in [5, 5.41) is 1.81. The Bertz CT molecular complexity index is 1310. The molecule has 5 nitrogen and oxygen atoms in total. The van der Waals surface area contributed by atoms with Crippen LogP contribution in [-0.2, 0) is 6.54 Å². The van der Waals surface area contributed by atoms with Gasteiger partial charge < -0.3 is 19.8 Å². The van der Waals surface area contributed by atoms with Crippen molar-refractivity contribution in [3.05, 3.63) is 69.9 Å². The van der Waals surface area contributed by atoms with Gasteiger partial charge in [-0.25, -0.2) is 0 Å². The number of benzene rings is 2. The summed E-state index contributed by atoms with van der Waals surface area (Å²) in [6.07, 6.45) is 0. The van der Waals surface area contributed by atoms with Gasteiger partial charge in [-0.3, -0.25) is 4.79 Å². The molecule has 0 saturated heterocycles. The molecule has 0 aliphatic heterocycles. The van der Waals surface area contributed by atoms with Crippen LogP contribution >= 0.6 is 22.9 Å². The zero-order chi connectivity index (χ0) is 22.3. The summed E-state index contributed by atoms with van der Waals surface area (Å²) in [6.45, 7) is 4.49. The number of aromatic nitrogens is 1. The average molecular weight is 455 g/mol. The third kappa shape index (κ3) is 3.66. The van der Waals surface area contributed by atoms with E-state index in [0.29, 0.717) is 28.6 Å². The summed E-state index contributed by atoms with van der Waals surface area (Å²) in [4.78, 5) is 13.2. The molecule has 31 heavy (non-hydrogen) atoms. The van der Waals surface area contributed by atoms with Crippen molar-refractivity contribution in [1.82, 2.24) is 4.57 Å². The molecule has 2 aromatic carbocycles. The van der Waals surface area contributed by atoms with Crippen LogP contribution in [0.4, 0.5) is 0 Å². The third-order valence-electron chi connectivity index (χ3n) is 5.58. The number of ether oxygens (including phenoxy) is 2. The molecule has 2 heterocycles. The normalized spacial score (nSPS) is 11.1. The van der Waals surface area contributed by atoms with Gasteiger partial charge in [0.1, 0.15) is 0 Å². The van der Waals surface area contributed by atoms with Gasteiger partial charge in [0.05, 0.1) is 36.9 Å². The van der Waals surface area contributed by atoms with Crippen LogP contribution in [0.3, 0.4) is 0 Å². The van der Waals surface area contributed by atoms with Crippen molar-refractivity contribution in [3.63, 3.8) is 0 Å². The predicted molar refractivity (Wildman–Crippen MR) is 127 cm³/mol. The summed E-state index contributed by atoms with van der Waals surface area (Å²) in [6, 6.07) is 13.6. The molecule has 4 rings (SSSR count). The SMILES string of the molecule is COc1cccc(Cn2c(-c3sc4ccc(Cl)cc4c3C)cc(C(N)=O)c2C)c1OC. The van der Waals surface area contributed by atoms with Crippen LogP contribution in [0, 0.1) is 13.8 Å². The largest absolute Gasteiger partial charge is 0.493 e. The van der Waals surface area contributed by atoms with E-state index in [1.165, 1.54) is 0 Å². The number of nitrogens with two attached hydrogens (primary N) is 1. The number of primary amides is 1. The van der Waals surface area contributed by atoms with Crippen LogP contribution in [0.15, 0.2) is 42.5 Å². The number of carbonyl (C=O) groups excluding carboxylic acids is 1. The number of hydrogen-bond donors (Lipinski definition) is 1. The maximum atomic E-state index is 12.1. The van der Waals surface area contributed by atoms with Gasteiger partial charge in [0.2, 0.25) is 0 Å². The van der Waals surface area contributed by atoms with Gasteiger partial charge in [-0.2, -0.15) is 0 Å². The van der Waals surface area contributed by atoms with Crippen molar-refractivity contribution in [3.8, 4) is 22.1 Å². The van der Waals surface area contributed by atoms with E-state index in [1.54, 1.807) is 25.6 Å². The van der Waals surface area contributed by atoms with E-state index in [1.807, 2.05) is 49.4 Å². The summed E-state index contributed by atoms with van der Waals surface area (Å²) in [5.41, 5.74) is 10.0. The Hall–Kier alpha value is -2.96. The van der Waals surface area contributed by atoms with Crippen molar-refractivity contribution in [2.45, 2.75) is 20.4 Å². The molecular weight excluding hydrogens is 432 g/mol. The first-order chi connectivity index (χ1) is 14.8. The van der Waals surface area contributed by atoms with Gasteiger partial charge in [0.25, 0.3) is 5.91 Å². The van der Waals surface area contributed by atoms with E-state index in [2.05, 4.69) is 11.5 Å². The molecule has 0 aliphatic rings. The highest BCUT2D eigenvalue weighted by Crippen LogP contribution is 2.41. The first-order valence-electron chi connectivity index (χ1n) is 9.74. The molecule has 0 unspecified atom stereocenters. The highest BCUT2D eigenvalue weighted by atomic mass is 35.5. The lowest BCUT2D eigenvalue weighted by atomic mass is 10.1. The van der Waals surface area contributed by atoms with Gasteiger partial charge in [-0.15, -0.1) is 11.3 Å². The highest BCUT2D eigenvalue weighted by Gasteiger charge is 2.22. The summed E-state index contributed by atoms with van der Waals surface area (Å²) < 4.78 is 14.3. The number of rotatable bonds is 6. The van der Waals surface area contributed by atoms with E-state index in [4.69, 9.17) is 26.8 Å². The van der Waals surface area contributed by atoms with Crippen LogP contribution in [0.2, 0.25) is 5.02 Å². The van der Waals surface area contributed by atoms with Gasteiger partial charge in [-0.05, 0) is 55.1 Å². The predicted octanol–water partition coefficient (Wildman–Crippen LogP) is 5.80. The molecule has 7 heteroatoms. The standard InChI is InChI=1S/C24H23ClN2O3S/c1-13-17-10-16(25)8-9-21(17)31-23(13)19-11-18(24(26)28)14(2)27(19)12-15-6-5-7-20(29-3)22(15)30-4/h5-11H,12H2,1-4H3,(H2,26,28). The summed E-state index contributed by atoms with van der Waals surface area (Å²) in [5.74, 6) is 0.885. The van der Waals surface area contributed by atoms with Crippen molar-refractivity contribution in [2.75, 3.05) is 14.2 Å². The number of para-hydroxylation sites is 1. The van der Waals surface area contributed by atoms with E-state index in [-0.39, 0.29) is 0 Å². The number of halogens is 1. The number of fused-ring (bicyclic) bond motifs is 1. The highest BCUT2D eigenvalue weighted by molar-refractivity contribution is 7.22. The molecule has 0 atom stereocenters. The molecular formula is C24H23ClN2O3S. The molecule has 0 spiro atoms. The monoisotopic (exact) mass is 454 g/mol. The van der Waals surface area contributed by atoms with E-state index in [0.717, 1.165) is 37.5 Å². The second kappa shape index (κ2) is 8.29.